The smallest absolute Gasteiger partial charge is 0.416 e. The third kappa shape index (κ3) is 4.73. The van der Waals surface area contributed by atoms with Crippen molar-refractivity contribution in [2.45, 2.75) is 12.6 Å². The van der Waals surface area contributed by atoms with Crippen LogP contribution in [0.5, 0.6) is 5.88 Å². The Kier molecular flexibility index (Phi) is 6.32. The summed E-state index contributed by atoms with van der Waals surface area (Å²) >= 11 is 12.2. The third-order valence-corrected chi connectivity index (χ3v) is 4.39. The topological polar surface area (TPSA) is 55.9 Å². The summed E-state index contributed by atoms with van der Waals surface area (Å²) in [7, 11) is 1.52. The van der Waals surface area contributed by atoms with Crippen LogP contribution in [0, 0.1) is 0 Å². The van der Waals surface area contributed by atoms with Crippen molar-refractivity contribution in [3.05, 3.63) is 52.5 Å². The van der Waals surface area contributed by atoms with E-state index in [4.69, 9.17) is 27.9 Å². The molecule has 30 heavy (non-hydrogen) atoms. The molecule has 0 amide bonds. The lowest BCUT2D eigenvalue weighted by Gasteiger charge is -2.11. The summed E-state index contributed by atoms with van der Waals surface area (Å²) in [5, 5.41) is 3.13. The molecule has 0 saturated carbocycles. The zero-order chi connectivity index (χ0) is 22.1. The van der Waals surface area contributed by atoms with Gasteiger partial charge in [-0.25, -0.2) is 23.6 Å². The van der Waals surface area contributed by atoms with Gasteiger partial charge < -0.3 is 4.74 Å². The average Bonchev–Trinajstić information content (AvgIpc) is 2.98. The fourth-order valence-electron chi connectivity index (χ4n) is 2.52. The second-order valence-electron chi connectivity index (χ2n) is 5.94. The van der Waals surface area contributed by atoms with Gasteiger partial charge in [0.15, 0.2) is 6.61 Å². The number of hydrogen-bond donors (Lipinski definition) is 1. The van der Waals surface area contributed by atoms with E-state index in [0.717, 1.165) is 22.9 Å². The van der Waals surface area contributed by atoms with Crippen LogP contribution in [0.4, 0.5) is 33.6 Å². The van der Waals surface area contributed by atoms with Gasteiger partial charge in [-0.15, -0.1) is 4.57 Å². The molecule has 0 radical (unpaired) electrons. The zero-order valence-electron chi connectivity index (χ0n) is 15.1. The zero-order valence-corrected chi connectivity index (χ0v) is 16.6. The molecule has 160 valence electrons. The Bertz CT molecular complexity index is 1040. The number of hydrogen-bond acceptors (Lipinski definition) is 4. The number of aryl methyl sites for hydroxylation is 1. The first-order valence-corrected chi connectivity index (χ1v) is 8.95. The summed E-state index contributed by atoms with van der Waals surface area (Å²) in [6.07, 6.45) is -2.57. The number of rotatable bonds is 6. The van der Waals surface area contributed by atoms with Gasteiger partial charge in [-0.05, 0) is 6.07 Å². The van der Waals surface area contributed by atoms with Gasteiger partial charge in [0, 0.05) is 24.7 Å². The molecule has 0 fully saturated rings. The minimum atomic E-state index is -4.64. The van der Waals surface area contributed by atoms with Gasteiger partial charge in [0.25, 0.3) is 12.3 Å². The van der Waals surface area contributed by atoms with Crippen molar-refractivity contribution in [3.8, 4) is 11.7 Å². The van der Waals surface area contributed by atoms with Crippen molar-refractivity contribution in [2.75, 3.05) is 11.9 Å². The molecule has 6 nitrogen and oxygen atoms in total. The lowest BCUT2D eigenvalue weighted by atomic mass is 10.2. The number of nitrogens with one attached hydrogen (secondary N) is 1. The molecule has 0 atom stereocenters. The monoisotopic (exact) mass is 468 g/mol. The van der Waals surface area contributed by atoms with Crippen molar-refractivity contribution in [3.63, 3.8) is 0 Å². The van der Waals surface area contributed by atoms with Crippen molar-refractivity contribution >= 4 is 34.8 Å². The summed E-state index contributed by atoms with van der Waals surface area (Å²) in [5.41, 5.74) is -0.773. The van der Waals surface area contributed by atoms with E-state index in [1.807, 2.05) is 0 Å². The molecule has 13 heteroatoms. The van der Waals surface area contributed by atoms with E-state index in [1.165, 1.54) is 30.2 Å². The maximum Gasteiger partial charge on any atom is 0.416 e. The Labute approximate surface area is 176 Å². The predicted molar refractivity (Wildman–Crippen MR) is 98.8 cm³/mol. The maximum atomic E-state index is 13.2. The number of alkyl halides is 5. The average molecular weight is 469 g/mol. The van der Waals surface area contributed by atoms with Crippen LogP contribution in [0.3, 0.4) is 0 Å². The number of pyridine rings is 2. The van der Waals surface area contributed by atoms with Crippen molar-refractivity contribution < 1.29 is 31.3 Å². The fourth-order valence-corrected chi connectivity index (χ4v) is 2.98. The highest BCUT2D eigenvalue weighted by Gasteiger charge is 2.33. The molecule has 0 aliphatic heterocycles. The summed E-state index contributed by atoms with van der Waals surface area (Å²) < 4.78 is 72.4. The van der Waals surface area contributed by atoms with E-state index >= 15 is 0 Å². The van der Waals surface area contributed by atoms with Crippen LogP contribution in [-0.2, 0) is 13.2 Å². The molecule has 0 spiro atoms. The highest BCUT2D eigenvalue weighted by Crippen LogP contribution is 2.34. The SMILES string of the molecule is C[n+]1cc(OCC(F)F)n(-c2cc(C(F)(F)F)ccn2)c1Nc1c(Cl)cncc1Cl. The van der Waals surface area contributed by atoms with Crippen LogP contribution >= 0.6 is 23.2 Å². The van der Waals surface area contributed by atoms with Gasteiger partial charge in [-0.3, -0.25) is 4.98 Å². The number of aromatic nitrogens is 4. The molecule has 0 bridgehead atoms. The van der Waals surface area contributed by atoms with Gasteiger partial charge in [-0.1, -0.05) is 23.2 Å². The molecule has 0 aromatic carbocycles. The highest BCUT2D eigenvalue weighted by atomic mass is 35.5. The van der Waals surface area contributed by atoms with E-state index in [-0.39, 0.29) is 33.4 Å². The maximum absolute atomic E-state index is 13.2. The molecule has 0 unspecified atom stereocenters. The Hall–Kier alpha value is -2.66. The Morgan fingerprint density at radius 1 is 1.23 bits per heavy atom. The molecule has 3 heterocycles. The number of ether oxygens (including phenoxy) is 1. The van der Waals surface area contributed by atoms with Crippen molar-refractivity contribution in [1.82, 2.24) is 14.5 Å². The predicted octanol–water partition coefficient (Wildman–Crippen LogP) is 4.80. The molecule has 1 N–H and O–H groups in total. The second kappa shape index (κ2) is 8.60. The van der Waals surface area contributed by atoms with Crippen LogP contribution in [-0.4, -0.2) is 27.6 Å². The first kappa shape index (κ1) is 22.0. The molecule has 0 aliphatic carbocycles. The second-order valence-corrected chi connectivity index (χ2v) is 6.76. The largest absolute Gasteiger partial charge is 0.459 e. The quantitative estimate of drug-likeness (QED) is 0.416. The number of anilines is 2. The molecular weight excluding hydrogens is 456 g/mol. The van der Waals surface area contributed by atoms with Crippen LogP contribution in [0.15, 0.2) is 36.9 Å². The van der Waals surface area contributed by atoms with Crippen LogP contribution < -0.4 is 14.6 Å². The summed E-state index contributed by atoms with van der Waals surface area (Å²) in [4.78, 5) is 7.75. The Morgan fingerprint density at radius 3 is 2.50 bits per heavy atom. The minimum absolute atomic E-state index is 0.0982. The molecule has 3 rings (SSSR count). The molecule has 0 aliphatic rings. The van der Waals surface area contributed by atoms with Gasteiger partial charge in [0.05, 0.1) is 22.7 Å². The molecule has 0 saturated heterocycles. The summed E-state index contributed by atoms with van der Waals surface area (Å²) in [5.74, 6) is -0.298. The summed E-state index contributed by atoms with van der Waals surface area (Å²) in [6.45, 7) is -0.973. The third-order valence-electron chi connectivity index (χ3n) is 3.82. The standard InChI is InChI=1S/C17H12Cl2F5N5O/c1-28-7-14(30-8-12(20)21)29(13-4-9(2-3-26-13)17(22,23)24)16(28)27-15-10(18)5-25-6-11(15)19/h2-7,12H,8H2,1H3/p+1. The molecule has 3 aromatic rings. The Balaban J connectivity index is 2.16. The first-order chi connectivity index (χ1) is 14.1. The lowest BCUT2D eigenvalue weighted by molar-refractivity contribution is -0.656. The van der Waals surface area contributed by atoms with Gasteiger partial charge >= 0.3 is 12.1 Å². The number of imidazole rings is 1. The van der Waals surface area contributed by atoms with Crippen LogP contribution in [0.2, 0.25) is 10.0 Å². The van der Waals surface area contributed by atoms with E-state index in [0.29, 0.717) is 0 Å². The number of nitrogens with zero attached hydrogens (tertiary/aromatic N) is 4. The van der Waals surface area contributed by atoms with Gasteiger partial charge in [0.1, 0.15) is 11.9 Å². The van der Waals surface area contributed by atoms with Crippen molar-refractivity contribution in [2.24, 2.45) is 7.05 Å². The summed E-state index contributed by atoms with van der Waals surface area (Å²) in [6, 6.07) is 1.55. The fraction of sp³-hybridized carbons (Fsp3) is 0.235. The lowest BCUT2D eigenvalue weighted by Crippen LogP contribution is -2.30. The van der Waals surface area contributed by atoms with Gasteiger partial charge in [-0.2, -0.15) is 13.2 Å². The number of halogens is 7. The van der Waals surface area contributed by atoms with E-state index < -0.39 is 24.8 Å². The van der Waals surface area contributed by atoms with Crippen LogP contribution in [0.1, 0.15) is 5.56 Å². The van der Waals surface area contributed by atoms with Crippen LogP contribution in [0.25, 0.3) is 5.82 Å². The van der Waals surface area contributed by atoms with E-state index in [1.54, 1.807) is 0 Å². The van der Waals surface area contributed by atoms with Gasteiger partial charge in [0.2, 0.25) is 5.82 Å². The molecular formula is C17H13Cl2F5N5O+. The van der Waals surface area contributed by atoms with E-state index in [9.17, 15) is 22.0 Å². The Morgan fingerprint density at radius 2 is 1.90 bits per heavy atom. The molecule has 3 aromatic heterocycles. The highest BCUT2D eigenvalue weighted by molar-refractivity contribution is 6.39. The minimum Gasteiger partial charge on any atom is -0.459 e. The van der Waals surface area contributed by atoms with Crippen molar-refractivity contribution in [1.29, 1.82) is 0 Å². The van der Waals surface area contributed by atoms with E-state index in [2.05, 4.69) is 15.3 Å². The first-order valence-electron chi connectivity index (χ1n) is 8.20. The normalized spacial score (nSPS) is 11.8.